The Bertz CT molecular complexity index is 103. The lowest BCUT2D eigenvalue weighted by molar-refractivity contribution is -0.655. The van der Waals surface area contributed by atoms with Crippen LogP contribution in [0, 0.1) is 0 Å². The smallest absolute Gasteiger partial charge is 0.0768 e. The van der Waals surface area contributed by atoms with E-state index in [9.17, 15) is 0 Å². The number of unbranched alkanes of at least 4 members (excludes halogenated alkanes) is 2. The standard InChI is InChI=1S/C11H27N3/c1-4-6-7-9-13-10-8-11-14(5-2)12-3/h12-13H,4-11H2,1-3H3/p+1. The minimum Gasteiger partial charge on any atom is -0.346 e. The second-order valence-electron chi connectivity index (χ2n) is 3.73. The summed E-state index contributed by atoms with van der Waals surface area (Å²) in [7, 11) is 1.99. The molecule has 3 heteroatoms. The van der Waals surface area contributed by atoms with E-state index in [0.29, 0.717) is 0 Å². The average Bonchev–Trinajstić information content (AvgIpc) is 2.22. The fourth-order valence-electron chi connectivity index (χ4n) is 1.54. The molecule has 3 N–H and O–H groups in total. The minimum absolute atomic E-state index is 1.09. The van der Waals surface area contributed by atoms with E-state index < -0.39 is 0 Å². The van der Waals surface area contributed by atoms with Gasteiger partial charge in [-0.05, 0) is 19.9 Å². The molecule has 0 bridgehead atoms. The molecule has 0 rings (SSSR count). The molecule has 0 atom stereocenters. The maximum absolute atomic E-state index is 3.18. The van der Waals surface area contributed by atoms with Crippen molar-refractivity contribution >= 4 is 0 Å². The lowest BCUT2D eigenvalue weighted by atomic mass is 10.2. The van der Waals surface area contributed by atoms with Crippen LogP contribution in [0.5, 0.6) is 0 Å². The van der Waals surface area contributed by atoms with Crippen molar-refractivity contribution in [2.75, 3.05) is 33.2 Å². The molecule has 0 saturated carbocycles. The quantitative estimate of drug-likeness (QED) is 0.401. The highest BCUT2D eigenvalue weighted by Crippen LogP contribution is 1.88. The molecule has 0 spiro atoms. The van der Waals surface area contributed by atoms with Crippen LogP contribution in [-0.2, 0) is 0 Å². The average molecular weight is 202 g/mol. The summed E-state index contributed by atoms with van der Waals surface area (Å²) < 4.78 is 0. The van der Waals surface area contributed by atoms with Crippen LogP contribution in [0.3, 0.4) is 0 Å². The van der Waals surface area contributed by atoms with Crippen molar-refractivity contribution < 1.29 is 5.32 Å². The summed E-state index contributed by atoms with van der Waals surface area (Å²) in [6, 6.07) is 0. The van der Waals surface area contributed by atoms with Gasteiger partial charge in [0.05, 0.1) is 13.1 Å². The Morgan fingerprint density at radius 2 is 1.79 bits per heavy atom. The molecule has 0 aromatic heterocycles. The third-order valence-corrected chi connectivity index (χ3v) is 2.55. The first kappa shape index (κ1) is 13.9. The number of nitrogens with zero attached hydrogens (tertiary/aromatic N) is 1. The van der Waals surface area contributed by atoms with E-state index in [0.717, 1.165) is 13.1 Å². The van der Waals surface area contributed by atoms with Crippen LogP contribution in [0.2, 0.25) is 0 Å². The molecular weight excluding hydrogens is 174 g/mol. The summed E-state index contributed by atoms with van der Waals surface area (Å²) in [6.45, 7) is 9.26. The van der Waals surface area contributed by atoms with Gasteiger partial charge in [-0.15, -0.1) is 0 Å². The fourth-order valence-corrected chi connectivity index (χ4v) is 1.54. The Kier molecular flexibility index (Phi) is 10.9. The molecule has 0 unspecified atom stereocenters. The number of rotatable bonds is 10. The maximum Gasteiger partial charge on any atom is 0.0768 e. The first-order valence-corrected chi connectivity index (χ1v) is 6.09. The summed E-state index contributed by atoms with van der Waals surface area (Å²) in [5, 5.41) is 4.69. The van der Waals surface area contributed by atoms with Crippen molar-refractivity contribution in [2.45, 2.75) is 39.5 Å². The normalized spacial score (nSPS) is 11.1. The summed E-state index contributed by atoms with van der Waals surface area (Å²) in [4.78, 5) is 0. The molecule has 0 aromatic rings. The second kappa shape index (κ2) is 11.0. The SMILES string of the molecule is CCCCC[NH2+]CCCN(CC)NC. The molecule has 86 valence electrons. The highest BCUT2D eigenvalue weighted by atomic mass is 15.5. The molecule has 0 radical (unpaired) electrons. The van der Waals surface area contributed by atoms with E-state index in [2.05, 4.69) is 29.6 Å². The van der Waals surface area contributed by atoms with Crippen molar-refractivity contribution in [1.29, 1.82) is 0 Å². The summed E-state index contributed by atoms with van der Waals surface area (Å²) >= 11 is 0. The molecule has 14 heavy (non-hydrogen) atoms. The van der Waals surface area contributed by atoms with Crippen LogP contribution < -0.4 is 10.7 Å². The lowest BCUT2D eigenvalue weighted by Crippen LogP contribution is -2.84. The molecule has 0 heterocycles. The minimum atomic E-state index is 1.09. The maximum atomic E-state index is 3.18. The highest BCUT2D eigenvalue weighted by Gasteiger charge is 1.98. The van der Waals surface area contributed by atoms with Crippen LogP contribution in [-0.4, -0.2) is 38.2 Å². The molecular formula is C11H28N3+. The van der Waals surface area contributed by atoms with Crippen molar-refractivity contribution in [3.63, 3.8) is 0 Å². The lowest BCUT2D eigenvalue weighted by Gasteiger charge is -2.17. The number of quaternary nitrogens is 1. The van der Waals surface area contributed by atoms with Crippen molar-refractivity contribution in [3.05, 3.63) is 0 Å². The number of hydrogen-bond acceptors (Lipinski definition) is 2. The van der Waals surface area contributed by atoms with E-state index in [4.69, 9.17) is 0 Å². The van der Waals surface area contributed by atoms with E-state index in [-0.39, 0.29) is 0 Å². The zero-order valence-electron chi connectivity index (χ0n) is 10.2. The molecule has 0 aliphatic rings. The second-order valence-corrected chi connectivity index (χ2v) is 3.73. The zero-order chi connectivity index (χ0) is 10.6. The highest BCUT2D eigenvalue weighted by molar-refractivity contribution is 4.45. The van der Waals surface area contributed by atoms with Gasteiger partial charge in [-0.25, -0.2) is 5.01 Å². The van der Waals surface area contributed by atoms with Crippen molar-refractivity contribution in [3.8, 4) is 0 Å². The fraction of sp³-hybridized carbons (Fsp3) is 1.00. The van der Waals surface area contributed by atoms with Gasteiger partial charge in [0.25, 0.3) is 0 Å². The number of nitrogens with one attached hydrogen (secondary N) is 1. The van der Waals surface area contributed by atoms with Gasteiger partial charge < -0.3 is 5.32 Å². The Morgan fingerprint density at radius 3 is 2.36 bits per heavy atom. The summed E-state index contributed by atoms with van der Waals surface area (Å²) in [5.74, 6) is 0. The topological polar surface area (TPSA) is 31.9 Å². The summed E-state index contributed by atoms with van der Waals surface area (Å²) in [6.07, 6.45) is 5.37. The number of nitrogens with two attached hydrogens (primary N) is 1. The summed E-state index contributed by atoms with van der Waals surface area (Å²) in [5.41, 5.74) is 3.18. The van der Waals surface area contributed by atoms with E-state index in [1.807, 2.05) is 7.05 Å². The third kappa shape index (κ3) is 8.48. The van der Waals surface area contributed by atoms with Gasteiger partial charge in [0.2, 0.25) is 0 Å². The van der Waals surface area contributed by atoms with Crippen LogP contribution >= 0.6 is 0 Å². The molecule has 0 fully saturated rings. The van der Waals surface area contributed by atoms with Gasteiger partial charge in [-0.3, -0.25) is 5.43 Å². The Hall–Kier alpha value is -0.120. The van der Waals surface area contributed by atoms with Crippen molar-refractivity contribution in [1.82, 2.24) is 10.4 Å². The van der Waals surface area contributed by atoms with Gasteiger partial charge in [-0.2, -0.15) is 0 Å². The van der Waals surface area contributed by atoms with Crippen LogP contribution in [0.4, 0.5) is 0 Å². The number of hydrazine groups is 1. The van der Waals surface area contributed by atoms with E-state index in [1.165, 1.54) is 38.8 Å². The Balaban J connectivity index is 3.04. The van der Waals surface area contributed by atoms with Gasteiger partial charge in [0.15, 0.2) is 0 Å². The molecule has 0 amide bonds. The Morgan fingerprint density at radius 1 is 1.07 bits per heavy atom. The van der Waals surface area contributed by atoms with Gasteiger partial charge >= 0.3 is 0 Å². The van der Waals surface area contributed by atoms with Crippen LogP contribution in [0.1, 0.15) is 39.5 Å². The van der Waals surface area contributed by atoms with Crippen molar-refractivity contribution in [2.24, 2.45) is 0 Å². The molecule has 0 aliphatic carbocycles. The molecule has 0 aromatic carbocycles. The third-order valence-electron chi connectivity index (χ3n) is 2.55. The molecule has 3 nitrogen and oxygen atoms in total. The first-order valence-electron chi connectivity index (χ1n) is 6.09. The monoisotopic (exact) mass is 202 g/mol. The van der Waals surface area contributed by atoms with Gasteiger partial charge in [0.1, 0.15) is 0 Å². The first-order chi connectivity index (χ1) is 6.85. The predicted octanol–water partition coefficient (Wildman–Crippen LogP) is 0.586. The Labute approximate surface area is 89.2 Å². The van der Waals surface area contributed by atoms with E-state index >= 15 is 0 Å². The molecule has 0 saturated heterocycles. The number of hydrogen-bond donors (Lipinski definition) is 2. The predicted molar refractivity (Wildman–Crippen MR) is 62.1 cm³/mol. The van der Waals surface area contributed by atoms with E-state index in [1.54, 1.807) is 0 Å². The largest absolute Gasteiger partial charge is 0.346 e. The molecule has 0 aliphatic heterocycles. The van der Waals surface area contributed by atoms with Crippen LogP contribution in [0.15, 0.2) is 0 Å². The zero-order valence-corrected chi connectivity index (χ0v) is 10.2. The van der Waals surface area contributed by atoms with Gasteiger partial charge in [0, 0.05) is 19.5 Å². The van der Waals surface area contributed by atoms with Crippen LogP contribution in [0.25, 0.3) is 0 Å². The van der Waals surface area contributed by atoms with Gasteiger partial charge in [-0.1, -0.05) is 20.3 Å².